The highest BCUT2D eigenvalue weighted by Gasteiger charge is 2.23. The molecule has 0 saturated carbocycles. The summed E-state index contributed by atoms with van der Waals surface area (Å²) in [5.74, 6) is -0.269. The molecule has 168 valence electrons. The molecule has 0 spiro atoms. The number of carbonyl (C=O) groups excluding carboxylic acids is 1. The van der Waals surface area contributed by atoms with Crippen molar-refractivity contribution in [3.8, 4) is 33.8 Å². The van der Waals surface area contributed by atoms with Gasteiger partial charge in [0.15, 0.2) is 0 Å². The molecule has 2 N–H and O–H groups in total. The molecule has 8 heteroatoms. The molecule has 6 rings (SSSR count). The van der Waals surface area contributed by atoms with Gasteiger partial charge in [0.2, 0.25) is 0 Å². The van der Waals surface area contributed by atoms with E-state index in [-0.39, 0.29) is 12.1 Å². The normalized spacial score (nSPS) is 13.7. The number of rotatable bonds is 5. The molecule has 0 aliphatic carbocycles. The molecule has 5 aromatic rings. The number of pyridine rings is 2. The summed E-state index contributed by atoms with van der Waals surface area (Å²) in [6.45, 7) is 3.42. The van der Waals surface area contributed by atoms with Gasteiger partial charge in [0.1, 0.15) is 11.0 Å². The van der Waals surface area contributed by atoms with Crippen LogP contribution in [0, 0.1) is 6.92 Å². The van der Waals surface area contributed by atoms with Crippen LogP contribution in [0.2, 0.25) is 0 Å². The van der Waals surface area contributed by atoms with Gasteiger partial charge >= 0.3 is 5.97 Å². The van der Waals surface area contributed by atoms with Crippen LogP contribution >= 0.6 is 11.3 Å². The second-order valence-corrected chi connectivity index (χ2v) is 9.22. The highest BCUT2D eigenvalue weighted by atomic mass is 32.1. The molecule has 0 bridgehead atoms. The summed E-state index contributed by atoms with van der Waals surface area (Å²) >= 11 is 1.39. The number of thiophene rings is 1. The van der Waals surface area contributed by atoms with Gasteiger partial charge in [-0.3, -0.25) is 9.97 Å². The Morgan fingerprint density at radius 2 is 1.94 bits per heavy atom. The van der Waals surface area contributed by atoms with Crippen molar-refractivity contribution in [1.82, 2.24) is 25.3 Å². The van der Waals surface area contributed by atoms with Gasteiger partial charge in [-0.2, -0.15) is 0 Å². The molecular weight excluding hydrogens is 446 g/mol. The van der Waals surface area contributed by atoms with Crippen molar-refractivity contribution in [3.05, 3.63) is 77.0 Å². The highest BCUT2D eigenvalue weighted by molar-refractivity contribution is 7.12. The second kappa shape index (κ2) is 8.48. The summed E-state index contributed by atoms with van der Waals surface area (Å²) in [7, 11) is 0. The van der Waals surface area contributed by atoms with Gasteiger partial charge in [-0.25, -0.2) is 9.78 Å². The maximum Gasteiger partial charge on any atom is 0.348 e. The highest BCUT2D eigenvalue weighted by Crippen LogP contribution is 2.32. The summed E-state index contributed by atoms with van der Waals surface area (Å²) in [5.41, 5.74) is 7.32. The van der Waals surface area contributed by atoms with Gasteiger partial charge in [-0.05, 0) is 54.3 Å². The van der Waals surface area contributed by atoms with Crippen LogP contribution in [0.4, 0.5) is 0 Å². The van der Waals surface area contributed by atoms with Crippen molar-refractivity contribution < 1.29 is 9.53 Å². The van der Waals surface area contributed by atoms with Crippen molar-refractivity contribution in [2.45, 2.75) is 13.0 Å². The first kappa shape index (κ1) is 20.7. The fourth-order valence-electron chi connectivity index (χ4n) is 3.98. The van der Waals surface area contributed by atoms with Crippen molar-refractivity contribution in [1.29, 1.82) is 0 Å². The van der Waals surface area contributed by atoms with Gasteiger partial charge in [0.05, 0.1) is 28.9 Å². The topological polar surface area (TPSA) is 92.8 Å². The fraction of sp³-hybridized carbons (Fsp3) is 0.154. The van der Waals surface area contributed by atoms with Crippen molar-refractivity contribution >= 4 is 28.2 Å². The fourth-order valence-corrected chi connectivity index (χ4v) is 4.77. The minimum atomic E-state index is -0.269. The molecule has 1 aliphatic heterocycles. The molecule has 1 fully saturated rings. The van der Waals surface area contributed by atoms with Gasteiger partial charge in [-0.1, -0.05) is 12.1 Å². The number of hydrogen-bond acceptors (Lipinski definition) is 7. The SMILES string of the molecule is Cc1cccc(-c2[nH]cnc2-c2ccc3ncc(-c4csc(C(=O)OC5CNC5)c4)cc3c2)n1. The third-order valence-corrected chi connectivity index (χ3v) is 6.80. The number of hydrogen-bond donors (Lipinski definition) is 2. The van der Waals surface area contributed by atoms with Crippen LogP contribution in [0.1, 0.15) is 15.4 Å². The quantitative estimate of drug-likeness (QED) is 0.359. The number of aromatic amines is 1. The molecule has 4 aromatic heterocycles. The minimum Gasteiger partial charge on any atom is -0.455 e. The molecule has 5 heterocycles. The van der Waals surface area contributed by atoms with E-state index in [0.29, 0.717) is 4.88 Å². The second-order valence-electron chi connectivity index (χ2n) is 8.31. The first-order valence-corrected chi connectivity index (χ1v) is 11.9. The standard InChI is InChI=1S/C26H21N5O2S/c1-15-3-2-4-22(31-15)25-24(29-14-30-25)16-5-6-21-17(7-16)8-18(10-28-21)19-9-23(34-13-19)26(32)33-20-11-27-12-20/h2-10,13-14,20,27H,11-12H2,1H3,(H,29,30). The Morgan fingerprint density at radius 3 is 2.76 bits per heavy atom. The van der Waals surface area contributed by atoms with E-state index in [0.717, 1.165) is 63.5 Å². The molecule has 1 saturated heterocycles. The van der Waals surface area contributed by atoms with E-state index < -0.39 is 0 Å². The number of fused-ring (bicyclic) bond motifs is 1. The zero-order chi connectivity index (χ0) is 23.1. The molecule has 0 atom stereocenters. The van der Waals surface area contributed by atoms with E-state index in [4.69, 9.17) is 4.74 Å². The van der Waals surface area contributed by atoms with E-state index in [1.807, 2.05) is 54.9 Å². The number of imidazole rings is 1. The zero-order valence-electron chi connectivity index (χ0n) is 18.4. The lowest BCUT2D eigenvalue weighted by Gasteiger charge is -2.26. The predicted octanol–water partition coefficient (Wildman–Crippen LogP) is 4.85. The average Bonchev–Trinajstić information content (AvgIpc) is 3.51. The van der Waals surface area contributed by atoms with Gasteiger partial charge in [0, 0.05) is 41.5 Å². The molecule has 0 radical (unpaired) electrons. The number of ether oxygens (including phenoxy) is 1. The van der Waals surface area contributed by atoms with Gasteiger partial charge in [-0.15, -0.1) is 11.3 Å². The number of benzene rings is 1. The first-order chi connectivity index (χ1) is 16.6. The Labute approximate surface area is 199 Å². The van der Waals surface area contributed by atoms with Crippen LogP contribution < -0.4 is 5.32 Å². The number of carbonyl (C=O) groups is 1. The predicted molar refractivity (Wildman–Crippen MR) is 133 cm³/mol. The number of H-pyrrole nitrogens is 1. The Hall–Kier alpha value is -3.88. The first-order valence-electron chi connectivity index (χ1n) is 11.0. The summed E-state index contributed by atoms with van der Waals surface area (Å²) in [6.07, 6.45) is 3.51. The lowest BCUT2D eigenvalue weighted by atomic mass is 10.0. The third kappa shape index (κ3) is 3.87. The van der Waals surface area contributed by atoms with Gasteiger partial charge < -0.3 is 15.0 Å². The maximum absolute atomic E-state index is 12.4. The van der Waals surface area contributed by atoms with E-state index >= 15 is 0 Å². The number of aryl methyl sites for hydroxylation is 1. The van der Waals surface area contributed by atoms with E-state index in [9.17, 15) is 4.79 Å². The molecule has 1 aromatic carbocycles. The zero-order valence-corrected chi connectivity index (χ0v) is 19.2. The van der Waals surface area contributed by atoms with E-state index in [1.165, 1.54) is 11.3 Å². The Bertz CT molecular complexity index is 1520. The molecule has 0 amide bonds. The largest absolute Gasteiger partial charge is 0.455 e. The Morgan fingerprint density at radius 1 is 1.06 bits per heavy atom. The number of aromatic nitrogens is 4. The van der Waals surface area contributed by atoms with Crippen molar-refractivity contribution in [3.63, 3.8) is 0 Å². The molecule has 0 unspecified atom stereocenters. The van der Waals surface area contributed by atoms with Crippen LogP contribution in [0.15, 0.2) is 66.4 Å². The molecule has 1 aliphatic rings. The number of nitrogens with zero attached hydrogens (tertiary/aromatic N) is 3. The average molecular weight is 468 g/mol. The monoisotopic (exact) mass is 467 g/mol. The third-order valence-electron chi connectivity index (χ3n) is 5.89. The van der Waals surface area contributed by atoms with Gasteiger partial charge in [0.25, 0.3) is 0 Å². The van der Waals surface area contributed by atoms with Crippen molar-refractivity contribution in [2.75, 3.05) is 13.1 Å². The number of esters is 1. The van der Waals surface area contributed by atoms with Crippen molar-refractivity contribution in [2.24, 2.45) is 0 Å². The lowest BCUT2D eigenvalue weighted by Crippen LogP contribution is -2.49. The molecule has 7 nitrogen and oxygen atoms in total. The summed E-state index contributed by atoms with van der Waals surface area (Å²) in [5, 5.41) is 6.07. The van der Waals surface area contributed by atoms with E-state index in [2.05, 4.69) is 37.4 Å². The molecular formula is C26H21N5O2S. The van der Waals surface area contributed by atoms with Crippen LogP contribution in [-0.4, -0.2) is 45.1 Å². The minimum absolute atomic E-state index is 0.0271. The van der Waals surface area contributed by atoms with E-state index in [1.54, 1.807) is 6.33 Å². The molecule has 34 heavy (non-hydrogen) atoms. The number of nitrogens with one attached hydrogen (secondary N) is 2. The summed E-state index contributed by atoms with van der Waals surface area (Å²) in [4.78, 5) is 30.1. The maximum atomic E-state index is 12.4. The van der Waals surface area contributed by atoms with Crippen LogP contribution in [-0.2, 0) is 4.74 Å². The smallest absolute Gasteiger partial charge is 0.348 e. The van der Waals surface area contributed by atoms with Crippen LogP contribution in [0.25, 0.3) is 44.7 Å². The summed E-state index contributed by atoms with van der Waals surface area (Å²) < 4.78 is 5.48. The van der Waals surface area contributed by atoms with Crippen LogP contribution in [0.5, 0.6) is 0 Å². The Kier molecular flexibility index (Phi) is 5.16. The Balaban J connectivity index is 1.32. The lowest BCUT2D eigenvalue weighted by molar-refractivity contribution is 0.0175. The van der Waals surface area contributed by atoms with Crippen LogP contribution in [0.3, 0.4) is 0 Å². The summed E-state index contributed by atoms with van der Waals surface area (Å²) in [6, 6.07) is 16.0.